The summed E-state index contributed by atoms with van der Waals surface area (Å²) in [5.41, 5.74) is 0. The Hall–Kier alpha value is -1.85. The first-order valence-electron chi connectivity index (χ1n) is 29.7. The van der Waals surface area contributed by atoms with Crippen molar-refractivity contribution in [1.29, 1.82) is 0 Å². The summed E-state index contributed by atoms with van der Waals surface area (Å²) in [5, 5.41) is 0. The molecule has 1 atom stereocenters. The highest BCUT2D eigenvalue weighted by molar-refractivity contribution is 5.71. The van der Waals surface area contributed by atoms with Gasteiger partial charge in [-0.2, -0.15) is 0 Å². The van der Waals surface area contributed by atoms with E-state index in [1.807, 2.05) is 0 Å². The summed E-state index contributed by atoms with van der Waals surface area (Å²) in [6, 6.07) is 0. The number of carbonyl (C=O) groups excluding carboxylic acids is 3. The van der Waals surface area contributed by atoms with Crippen molar-refractivity contribution in [3.05, 3.63) is 12.2 Å². The lowest BCUT2D eigenvalue weighted by molar-refractivity contribution is -0.167. The molecule has 0 rings (SSSR count). The van der Waals surface area contributed by atoms with Crippen molar-refractivity contribution in [1.82, 2.24) is 0 Å². The Morgan fingerprint density at radius 1 is 0.288 bits per heavy atom. The fourth-order valence-corrected chi connectivity index (χ4v) is 9.03. The van der Waals surface area contributed by atoms with Gasteiger partial charge in [0, 0.05) is 19.3 Å². The normalized spacial score (nSPS) is 12.0. The maximum atomic E-state index is 12.8. The third-order valence-electron chi connectivity index (χ3n) is 13.5. The van der Waals surface area contributed by atoms with Crippen LogP contribution in [0.15, 0.2) is 12.2 Å². The van der Waals surface area contributed by atoms with Gasteiger partial charge < -0.3 is 14.2 Å². The van der Waals surface area contributed by atoms with Crippen molar-refractivity contribution in [2.24, 2.45) is 0 Å². The lowest BCUT2D eigenvalue weighted by Gasteiger charge is -2.18. The van der Waals surface area contributed by atoms with Crippen LogP contribution in [0.4, 0.5) is 0 Å². The van der Waals surface area contributed by atoms with Gasteiger partial charge in [0.05, 0.1) is 0 Å². The van der Waals surface area contributed by atoms with E-state index in [1.165, 1.54) is 231 Å². The van der Waals surface area contributed by atoms with Crippen LogP contribution in [-0.2, 0) is 28.6 Å². The predicted octanol–water partition coefficient (Wildman–Crippen LogP) is 19.7. The van der Waals surface area contributed by atoms with E-state index in [2.05, 4.69) is 32.9 Å². The lowest BCUT2D eigenvalue weighted by atomic mass is 10.0. The highest BCUT2D eigenvalue weighted by atomic mass is 16.6. The molecular weight excluding hydrogens is 817 g/mol. The number of hydrogen-bond acceptors (Lipinski definition) is 6. The number of unbranched alkanes of at least 4 members (excludes halogenated alkanes) is 42. The van der Waals surface area contributed by atoms with Crippen molar-refractivity contribution in [3.8, 4) is 0 Å². The summed E-state index contributed by atoms with van der Waals surface area (Å²) in [7, 11) is 0. The minimum Gasteiger partial charge on any atom is -0.462 e. The van der Waals surface area contributed by atoms with Gasteiger partial charge in [0.2, 0.25) is 0 Å². The number of carbonyl (C=O) groups is 3. The van der Waals surface area contributed by atoms with Gasteiger partial charge in [0.15, 0.2) is 6.10 Å². The summed E-state index contributed by atoms with van der Waals surface area (Å²) in [4.78, 5) is 37.8. The lowest BCUT2D eigenvalue weighted by Crippen LogP contribution is -2.30. The van der Waals surface area contributed by atoms with Gasteiger partial charge in [-0.25, -0.2) is 0 Å². The first-order valence-corrected chi connectivity index (χ1v) is 29.7. The second-order valence-corrected chi connectivity index (χ2v) is 20.3. The molecule has 0 heterocycles. The Morgan fingerprint density at radius 2 is 0.500 bits per heavy atom. The van der Waals surface area contributed by atoms with Gasteiger partial charge in [-0.3, -0.25) is 14.4 Å². The molecule has 0 aromatic heterocycles. The average molecular weight is 932 g/mol. The largest absolute Gasteiger partial charge is 0.462 e. The maximum Gasteiger partial charge on any atom is 0.306 e. The molecular formula is C60H114O6. The summed E-state index contributed by atoms with van der Waals surface area (Å²) in [5.74, 6) is -0.861. The van der Waals surface area contributed by atoms with Crippen LogP contribution in [0.5, 0.6) is 0 Å². The van der Waals surface area contributed by atoms with Crippen molar-refractivity contribution < 1.29 is 28.6 Å². The molecule has 0 radical (unpaired) electrons. The molecule has 0 aromatic carbocycles. The zero-order valence-corrected chi connectivity index (χ0v) is 44.7. The second-order valence-electron chi connectivity index (χ2n) is 20.3. The molecule has 0 fully saturated rings. The molecule has 0 aliphatic rings. The van der Waals surface area contributed by atoms with Crippen LogP contribution in [0.3, 0.4) is 0 Å². The zero-order valence-electron chi connectivity index (χ0n) is 44.7. The summed E-state index contributed by atoms with van der Waals surface area (Å²) >= 11 is 0. The van der Waals surface area contributed by atoms with Crippen LogP contribution >= 0.6 is 0 Å². The smallest absolute Gasteiger partial charge is 0.306 e. The van der Waals surface area contributed by atoms with Crippen LogP contribution in [0, 0.1) is 0 Å². The zero-order chi connectivity index (χ0) is 47.9. The van der Waals surface area contributed by atoms with Crippen molar-refractivity contribution in [2.75, 3.05) is 13.2 Å². The molecule has 0 saturated carbocycles. The summed E-state index contributed by atoms with van der Waals surface area (Å²) in [6.45, 7) is 6.61. The molecule has 6 nitrogen and oxygen atoms in total. The van der Waals surface area contributed by atoms with Crippen LogP contribution in [0.2, 0.25) is 0 Å². The quantitative estimate of drug-likeness (QED) is 0.0262. The molecule has 0 bridgehead atoms. The highest BCUT2D eigenvalue weighted by Gasteiger charge is 2.19. The number of allylic oxidation sites excluding steroid dienone is 2. The Kier molecular flexibility index (Phi) is 54.2. The first-order chi connectivity index (χ1) is 32.5. The fraction of sp³-hybridized carbons (Fsp3) is 0.917. The van der Waals surface area contributed by atoms with Gasteiger partial charge in [-0.05, 0) is 44.9 Å². The van der Waals surface area contributed by atoms with Crippen LogP contribution < -0.4 is 0 Å². The Labute approximate surface area is 411 Å². The van der Waals surface area contributed by atoms with Crippen LogP contribution in [-0.4, -0.2) is 37.2 Å². The monoisotopic (exact) mass is 931 g/mol. The number of rotatable bonds is 55. The molecule has 0 amide bonds. The maximum absolute atomic E-state index is 12.8. The topological polar surface area (TPSA) is 78.9 Å². The average Bonchev–Trinajstić information content (AvgIpc) is 3.31. The van der Waals surface area contributed by atoms with Crippen molar-refractivity contribution in [2.45, 2.75) is 341 Å². The fourth-order valence-electron chi connectivity index (χ4n) is 9.03. The van der Waals surface area contributed by atoms with Crippen LogP contribution in [0.1, 0.15) is 335 Å². The van der Waals surface area contributed by atoms with Crippen molar-refractivity contribution in [3.63, 3.8) is 0 Å². The highest BCUT2D eigenvalue weighted by Crippen LogP contribution is 2.18. The molecule has 0 N–H and O–H groups in total. The van der Waals surface area contributed by atoms with E-state index in [0.717, 1.165) is 64.2 Å². The van der Waals surface area contributed by atoms with Crippen molar-refractivity contribution >= 4 is 17.9 Å². The van der Waals surface area contributed by atoms with Gasteiger partial charge in [0.25, 0.3) is 0 Å². The third kappa shape index (κ3) is 53.1. The van der Waals surface area contributed by atoms with Gasteiger partial charge in [0.1, 0.15) is 13.2 Å². The standard InChI is InChI=1S/C60H114O6/c1-4-7-10-13-15-17-19-21-23-25-27-28-29-30-31-33-34-36-38-40-42-44-47-50-53-59(62)65-56-57(55-64-58(61)52-49-46-12-9-6-3)66-60(63)54-51-48-45-43-41-39-37-35-32-26-24-22-20-18-16-14-11-8-5-2/h22,24,57H,4-21,23,25-56H2,1-3H3/b24-22-. The van der Waals surface area contributed by atoms with E-state index >= 15 is 0 Å². The second kappa shape index (κ2) is 55.7. The third-order valence-corrected chi connectivity index (χ3v) is 13.5. The number of ether oxygens (including phenoxy) is 3. The van der Waals surface area contributed by atoms with E-state index in [4.69, 9.17) is 14.2 Å². The van der Waals surface area contributed by atoms with E-state index in [9.17, 15) is 14.4 Å². The first kappa shape index (κ1) is 64.2. The minimum atomic E-state index is -0.763. The van der Waals surface area contributed by atoms with E-state index in [-0.39, 0.29) is 31.1 Å². The van der Waals surface area contributed by atoms with E-state index < -0.39 is 6.10 Å². The van der Waals surface area contributed by atoms with E-state index in [0.29, 0.717) is 19.3 Å². The Balaban J connectivity index is 4.01. The predicted molar refractivity (Wildman–Crippen MR) is 284 cm³/mol. The molecule has 0 saturated heterocycles. The number of hydrogen-bond donors (Lipinski definition) is 0. The Morgan fingerprint density at radius 3 is 0.758 bits per heavy atom. The molecule has 0 aliphatic heterocycles. The van der Waals surface area contributed by atoms with Gasteiger partial charge in [-0.1, -0.05) is 283 Å². The minimum absolute atomic E-state index is 0.0662. The summed E-state index contributed by atoms with van der Waals surface area (Å²) < 4.78 is 16.7. The molecule has 390 valence electrons. The summed E-state index contributed by atoms with van der Waals surface area (Å²) in [6.07, 6.45) is 64.0. The molecule has 0 spiro atoms. The molecule has 66 heavy (non-hydrogen) atoms. The molecule has 6 heteroatoms. The Bertz CT molecular complexity index is 1020. The van der Waals surface area contributed by atoms with Crippen LogP contribution in [0.25, 0.3) is 0 Å². The van der Waals surface area contributed by atoms with Gasteiger partial charge >= 0.3 is 17.9 Å². The molecule has 0 aromatic rings. The molecule has 0 aliphatic carbocycles. The number of esters is 3. The van der Waals surface area contributed by atoms with E-state index in [1.54, 1.807) is 0 Å². The van der Waals surface area contributed by atoms with Gasteiger partial charge in [-0.15, -0.1) is 0 Å². The SMILES string of the molecule is CCCCCCCC/C=C\CCCCCCCCCCCC(=O)OC(COC(=O)CCCCCCC)COC(=O)CCCCCCCCCCCCCCCCCCCCCCCCCC. The molecule has 1 unspecified atom stereocenters.